The summed E-state index contributed by atoms with van der Waals surface area (Å²) in [5.74, 6) is -0.364. The number of nitrogens with one attached hydrogen (secondary N) is 1. The van der Waals surface area contributed by atoms with Gasteiger partial charge in [0.25, 0.3) is 0 Å². The van der Waals surface area contributed by atoms with Crippen molar-refractivity contribution in [2.45, 2.75) is 25.8 Å². The molecule has 1 aliphatic rings. The Balaban J connectivity index is 1.69. The molecule has 5 nitrogen and oxygen atoms in total. The van der Waals surface area contributed by atoms with Crippen LogP contribution in [0.25, 0.3) is 0 Å². The maximum atomic E-state index is 12.7. The molecular formula is C22H26ClN3O2. The minimum Gasteiger partial charge on any atom is -0.369 e. The van der Waals surface area contributed by atoms with Gasteiger partial charge in [-0.25, -0.2) is 0 Å². The molecule has 6 heteroatoms. The number of amides is 2. The molecule has 3 rings (SSSR count). The molecule has 1 unspecified atom stereocenters. The number of hydrogen-bond acceptors (Lipinski definition) is 3. The molecule has 28 heavy (non-hydrogen) atoms. The normalized spacial score (nSPS) is 16.0. The predicted molar refractivity (Wildman–Crippen MR) is 111 cm³/mol. The first-order chi connectivity index (χ1) is 13.4. The Morgan fingerprint density at radius 2 is 1.82 bits per heavy atom. The average Bonchev–Trinajstić information content (AvgIpc) is 2.69. The Kier molecular flexibility index (Phi) is 6.70. The number of piperidine rings is 1. The van der Waals surface area contributed by atoms with Crippen molar-refractivity contribution in [1.82, 2.24) is 10.2 Å². The van der Waals surface area contributed by atoms with Crippen LogP contribution >= 0.6 is 11.6 Å². The zero-order valence-corrected chi connectivity index (χ0v) is 16.8. The monoisotopic (exact) mass is 399 g/mol. The number of nitrogens with two attached hydrogens (primary N) is 1. The summed E-state index contributed by atoms with van der Waals surface area (Å²) in [4.78, 5) is 25.8. The van der Waals surface area contributed by atoms with Gasteiger partial charge in [-0.15, -0.1) is 0 Å². The van der Waals surface area contributed by atoms with Crippen molar-refractivity contribution in [3.05, 3.63) is 70.2 Å². The summed E-state index contributed by atoms with van der Waals surface area (Å²) in [6.07, 6.45) is 1.27. The average molecular weight is 400 g/mol. The quantitative estimate of drug-likeness (QED) is 0.783. The van der Waals surface area contributed by atoms with Crippen molar-refractivity contribution in [2.75, 3.05) is 19.6 Å². The van der Waals surface area contributed by atoms with Gasteiger partial charge in [0, 0.05) is 24.0 Å². The van der Waals surface area contributed by atoms with E-state index < -0.39 is 0 Å². The lowest BCUT2D eigenvalue weighted by Gasteiger charge is -2.31. The Morgan fingerprint density at radius 3 is 2.43 bits per heavy atom. The molecule has 1 saturated heterocycles. The van der Waals surface area contributed by atoms with E-state index in [1.165, 1.54) is 5.56 Å². The van der Waals surface area contributed by atoms with Gasteiger partial charge in [0.1, 0.15) is 0 Å². The van der Waals surface area contributed by atoms with E-state index in [9.17, 15) is 9.59 Å². The molecule has 1 aliphatic heterocycles. The Bertz CT molecular complexity index is 830. The van der Waals surface area contributed by atoms with E-state index in [1.807, 2.05) is 31.2 Å². The molecule has 0 spiro atoms. The molecule has 1 fully saturated rings. The van der Waals surface area contributed by atoms with Gasteiger partial charge in [0.15, 0.2) is 0 Å². The summed E-state index contributed by atoms with van der Waals surface area (Å²) in [7, 11) is 0. The first kappa shape index (κ1) is 20.4. The number of carbonyl (C=O) groups is 2. The van der Waals surface area contributed by atoms with Crippen LogP contribution in [0.1, 0.15) is 35.6 Å². The fraction of sp³-hybridized carbons (Fsp3) is 0.364. The Morgan fingerprint density at radius 1 is 1.14 bits per heavy atom. The highest BCUT2D eigenvalue weighted by atomic mass is 35.5. The van der Waals surface area contributed by atoms with E-state index in [2.05, 4.69) is 29.6 Å². The number of likely N-dealkylation sites (tertiary alicyclic amines) is 1. The fourth-order valence-corrected chi connectivity index (χ4v) is 3.79. The first-order valence-electron chi connectivity index (χ1n) is 9.56. The molecule has 1 heterocycles. The van der Waals surface area contributed by atoms with Crippen LogP contribution in [0.2, 0.25) is 5.02 Å². The molecule has 0 bridgehead atoms. The third kappa shape index (κ3) is 5.12. The summed E-state index contributed by atoms with van der Waals surface area (Å²) in [5, 5.41) is 4.05. The predicted octanol–water partition coefficient (Wildman–Crippen LogP) is 3.05. The Labute approximate surface area is 170 Å². The van der Waals surface area contributed by atoms with Gasteiger partial charge in [0.2, 0.25) is 11.8 Å². The second kappa shape index (κ2) is 9.22. The number of hydrogen-bond donors (Lipinski definition) is 2. The number of primary amides is 1. The standard InChI is InChI=1S/C22H26ClN3O2/c1-15-5-7-16(8-6-15)21(18-3-2-4-19(23)13-18)25-14-20(27)26-11-9-17(10-12-26)22(24)28/h2-8,13,17,21,25H,9-12,14H2,1H3,(H2,24,28). The van der Waals surface area contributed by atoms with E-state index in [4.69, 9.17) is 17.3 Å². The van der Waals surface area contributed by atoms with Crippen LogP contribution in [0.4, 0.5) is 0 Å². The lowest BCUT2D eigenvalue weighted by atomic mass is 9.96. The fourth-order valence-electron chi connectivity index (χ4n) is 3.59. The summed E-state index contributed by atoms with van der Waals surface area (Å²) >= 11 is 6.18. The van der Waals surface area contributed by atoms with E-state index in [0.717, 1.165) is 11.1 Å². The molecule has 0 radical (unpaired) electrons. The van der Waals surface area contributed by atoms with Crippen molar-refractivity contribution in [2.24, 2.45) is 11.7 Å². The summed E-state index contributed by atoms with van der Waals surface area (Å²) in [6, 6.07) is 15.8. The van der Waals surface area contributed by atoms with E-state index >= 15 is 0 Å². The van der Waals surface area contributed by atoms with Gasteiger partial charge in [-0.3, -0.25) is 14.9 Å². The number of benzene rings is 2. The molecule has 0 aromatic heterocycles. The molecule has 2 aromatic rings. The SMILES string of the molecule is Cc1ccc(C(NCC(=O)N2CCC(C(N)=O)CC2)c2cccc(Cl)c2)cc1. The molecule has 3 N–H and O–H groups in total. The molecule has 1 atom stereocenters. The minimum absolute atomic E-state index is 0.0297. The van der Waals surface area contributed by atoms with E-state index in [0.29, 0.717) is 31.0 Å². The third-order valence-electron chi connectivity index (χ3n) is 5.30. The van der Waals surface area contributed by atoms with Crippen molar-refractivity contribution >= 4 is 23.4 Å². The number of halogens is 1. The second-order valence-electron chi connectivity index (χ2n) is 7.34. The van der Waals surface area contributed by atoms with Crippen molar-refractivity contribution in [1.29, 1.82) is 0 Å². The van der Waals surface area contributed by atoms with Crippen LogP contribution in [0.5, 0.6) is 0 Å². The largest absolute Gasteiger partial charge is 0.369 e. The van der Waals surface area contributed by atoms with Crippen LogP contribution in [-0.4, -0.2) is 36.3 Å². The van der Waals surface area contributed by atoms with Crippen molar-refractivity contribution < 1.29 is 9.59 Å². The molecule has 2 amide bonds. The third-order valence-corrected chi connectivity index (χ3v) is 5.54. The topological polar surface area (TPSA) is 75.4 Å². The lowest BCUT2D eigenvalue weighted by molar-refractivity contribution is -0.134. The lowest BCUT2D eigenvalue weighted by Crippen LogP contribution is -2.45. The number of aryl methyl sites for hydroxylation is 1. The molecule has 148 valence electrons. The van der Waals surface area contributed by atoms with Gasteiger partial charge in [-0.05, 0) is 43.0 Å². The number of nitrogens with zero attached hydrogens (tertiary/aromatic N) is 1. The first-order valence-corrected chi connectivity index (χ1v) is 9.94. The van der Waals surface area contributed by atoms with E-state index in [-0.39, 0.29) is 30.3 Å². The van der Waals surface area contributed by atoms with Gasteiger partial charge in [0.05, 0.1) is 12.6 Å². The maximum absolute atomic E-state index is 12.7. The Hall–Kier alpha value is -2.37. The molecule has 0 aliphatic carbocycles. The highest BCUT2D eigenvalue weighted by Crippen LogP contribution is 2.25. The van der Waals surface area contributed by atoms with Crippen LogP contribution in [0.15, 0.2) is 48.5 Å². The zero-order valence-electron chi connectivity index (χ0n) is 16.0. The summed E-state index contributed by atoms with van der Waals surface area (Å²) < 4.78 is 0. The van der Waals surface area contributed by atoms with E-state index in [1.54, 1.807) is 4.90 Å². The smallest absolute Gasteiger partial charge is 0.236 e. The summed E-state index contributed by atoms with van der Waals surface area (Å²) in [5.41, 5.74) is 8.64. The number of rotatable bonds is 6. The zero-order chi connectivity index (χ0) is 20.1. The summed E-state index contributed by atoms with van der Waals surface area (Å²) in [6.45, 7) is 3.40. The van der Waals surface area contributed by atoms with Gasteiger partial charge >= 0.3 is 0 Å². The van der Waals surface area contributed by atoms with Crippen molar-refractivity contribution in [3.63, 3.8) is 0 Å². The van der Waals surface area contributed by atoms with Gasteiger partial charge < -0.3 is 10.6 Å². The van der Waals surface area contributed by atoms with Crippen LogP contribution < -0.4 is 11.1 Å². The molecule has 2 aromatic carbocycles. The number of carbonyl (C=O) groups excluding carboxylic acids is 2. The second-order valence-corrected chi connectivity index (χ2v) is 7.77. The minimum atomic E-state index is -0.273. The van der Waals surface area contributed by atoms with Crippen molar-refractivity contribution in [3.8, 4) is 0 Å². The van der Waals surface area contributed by atoms with Crippen LogP contribution in [-0.2, 0) is 9.59 Å². The molecular weight excluding hydrogens is 374 g/mol. The van der Waals surface area contributed by atoms with Crippen LogP contribution in [0.3, 0.4) is 0 Å². The van der Waals surface area contributed by atoms with Crippen LogP contribution in [0, 0.1) is 12.8 Å². The van der Waals surface area contributed by atoms with Gasteiger partial charge in [-0.2, -0.15) is 0 Å². The highest BCUT2D eigenvalue weighted by molar-refractivity contribution is 6.30. The maximum Gasteiger partial charge on any atom is 0.236 e. The highest BCUT2D eigenvalue weighted by Gasteiger charge is 2.26. The molecule has 0 saturated carbocycles. The van der Waals surface area contributed by atoms with Gasteiger partial charge in [-0.1, -0.05) is 53.6 Å².